The van der Waals surface area contributed by atoms with E-state index >= 15 is 0 Å². The molecular weight excluding hydrogens is 371 g/mol. The lowest BCUT2D eigenvalue weighted by Crippen LogP contribution is -2.07. The Morgan fingerprint density at radius 1 is 1.36 bits per heavy atom. The molecule has 0 aliphatic carbocycles. The van der Waals surface area contributed by atoms with E-state index in [1.165, 1.54) is 11.6 Å². The van der Waals surface area contributed by atoms with Gasteiger partial charge in [0.25, 0.3) is 0 Å². The molecule has 1 aromatic carbocycles. The van der Waals surface area contributed by atoms with E-state index in [0.717, 1.165) is 18.2 Å². The van der Waals surface area contributed by atoms with E-state index < -0.39 is 15.7 Å². The van der Waals surface area contributed by atoms with Gasteiger partial charge in [0.05, 0.1) is 22.2 Å². The summed E-state index contributed by atoms with van der Waals surface area (Å²) in [5.74, 6) is -0.628. The number of hydrogen-bond donors (Lipinski definition) is 2. The van der Waals surface area contributed by atoms with Gasteiger partial charge >= 0.3 is 0 Å². The number of nitrogens with one attached hydrogen (secondary N) is 1. The van der Waals surface area contributed by atoms with Crippen molar-refractivity contribution < 1.29 is 17.9 Å². The number of benzene rings is 1. The molecule has 132 valence electrons. The maximum Gasteiger partial charge on any atom is 0.214 e. The Balaban J connectivity index is 2.36. The number of aromatic nitrogens is 3. The van der Waals surface area contributed by atoms with Crippen LogP contribution in [-0.2, 0) is 16.4 Å². The number of fused-ring (bicyclic) bond motifs is 1. The van der Waals surface area contributed by atoms with Gasteiger partial charge in [0, 0.05) is 12.7 Å². The highest BCUT2D eigenvalue weighted by atomic mass is 35.5. The van der Waals surface area contributed by atoms with Crippen molar-refractivity contribution in [1.82, 2.24) is 14.6 Å². The van der Waals surface area contributed by atoms with Crippen LogP contribution in [0.25, 0.3) is 5.65 Å². The minimum atomic E-state index is -4.09. The third kappa shape index (κ3) is 2.84. The maximum absolute atomic E-state index is 13.4. The topological polar surface area (TPSA) is 96.6 Å². The number of aliphatic hydroxyl groups excluding tert-OH is 1. The number of aliphatic hydroxyl groups is 1. The number of rotatable bonds is 4. The Hall–Kier alpha value is -2.23. The van der Waals surface area contributed by atoms with Crippen molar-refractivity contribution in [3.8, 4) is 0 Å². The summed E-state index contributed by atoms with van der Waals surface area (Å²) in [6.45, 7) is 1.37. The van der Waals surface area contributed by atoms with Gasteiger partial charge in [-0.05, 0) is 31.2 Å². The molecular formula is C15H14ClFN4O3S. The number of anilines is 1. The van der Waals surface area contributed by atoms with E-state index in [-0.39, 0.29) is 32.9 Å². The fourth-order valence-electron chi connectivity index (χ4n) is 2.46. The number of sulfone groups is 1. The van der Waals surface area contributed by atoms with Crippen LogP contribution in [0.4, 0.5) is 10.2 Å². The van der Waals surface area contributed by atoms with Crippen LogP contribution in [0.15, 0.2) is 34.1 Å². The van der Waals surface area contributed by atoms with Crippen LogP contribution in [0, 0.1) is 12.7 Å². The minimum absolute atomic E-state index is 0.0637. The lowest BCUT2D eigenvalue weighted by atomic mass is 10.3. The predicted molar refractivity (Wildman–Crippen MR) is 90.1 cm³/mol. The fourth-order valence-corrected chi connectivity index (χ4v) is 4.23. The van der Waals surface area contributed by atoms with Crippen LogP contribution in [0.2, 0.25) is 5.02 Å². The number of aryl methyl sites for hydroxylation is 1. The van der Waals surface area contributed by atoms with E-state index in [4.69, 9.17) is 11.6 Å². The molecule has 7 nitrogen and oxygen atoms in total. The zero-order chi connectivity index (χ0) is 18.4. The highest BCUT2D eigenvalue weighted by Crippen LogP contribution is 2.32. The zero-order valence-electron chi connectivity index (χ0n) is 13.3. The van der Waals surface area contributed by atoms with E-state index in [9.17, 15) is 17.9 Å². The molecule has 0 radical (unpaired) electrons. The average Bonchev–Trinajstić information content (AvgIpc) is 2.96. The number of hydrogen-bond acceptors (Lipinski definition) is 6. The first kappa shape index (κ1) is 17.6. The second-order valence-corrected chi connectivity index (χ2v) is 7.58. The molecule has 2 heterocycles. The first-order valence-corrected chi connectivity index (χ1v) is 9.03. The lowest BCUT2D eigenvalue weighted by molar-refractivity contribution is 0.277. The van der Waals surface area contributed by atoms with E-state index in [0.29, 0.717) is 11.4 Å². The van der Waals surface area contributed by atoms with Crippen molar-refractivity contribution in [1.29, 1.82) is 0 Å². The molecule has 2 aromatic heterocycles. The largest absolute Gasteiger partial charge is 0.390 e. The van der Waals surface area contributed by atoms with Crippen molar-refractivity contribution in [2.45, 2.75) is 23.3 Å². The van der Waals surface area contributed by atoms with Crippen LogP contribution in [-0.4, -0.2) is 35.2 Å². The molecule has 0 unspecified atom stereocenters. The fraction of sp³-hybridized carbons (Fsp3) is 0.200. The highest BCUT2D eigenvalue weighted by Gasteiger charge is 2.29. The van der Waals surface area contributed by atoms with Crippen molar-refractivity contribution >= 4 is 32.9 Å². The van der Waals surface area contributed by atoms with Crippen LogP contribution in [0.5, 0.6) is 0 Å². The van der Waals surface area contributed by atoms with Crippen LogP contribution < -0.4 is 5.32 Å². The maximum atomic E-state index is 13.4. The molecule has 0 aliphatic heterocycles. The van der Waals surface area contributed by atoms with Gasteiger partial charge in [0.2, 0.25) is 9.84 Å². The van der Waals surface area contributed by atoms with Gasteiger partial charge in [-0.1, -0.05) is 11.6 Å². The summed E-state index contributed by atoms with van der Waals surface area (Å²) < 4.78 is 40.9. The second-order valence-electron chi connectivity index (χ2n) is 5.29. The number of halogens is 2. The molecule has 0 aliphatic rings. The molecule has 0 spiro atoms. The Morgan fingerprint density at radius 2 is 2.08 bits per heavy atom. The summed E-state index contributed by atoms with van der Waals surface area (Å²) in [5.41, 5.74) is 0.971. The quantitative estimate of drug-likeness (QED) is 0.669. The Kier molecular flexibility index (Phi) is 4.40. The Bertz CT molecular complexity index is 1080. The van der Waals surface area contributed by atoms with Gasteiger partial charge in [-0.2, -0.15) is 0 Å². The molecule has 3 rings (SSSR count). The second kappa shape index (κ2) is 6.25. The molecule has 0 atom stereocenters. The van der Waals surface area contributed by atoms with Crippen molar-refractivity contribution in [2.75, 3.05) is 12.4 Å². The van der Waals surface area contributed by atoms with Crippen LogP contribution in [0.1, 0.15) is 11.4 Å². The Labute approximate surface area is 148 Å². The van der Waals surface area contributed by atoms with E-state index in [2.05, 4.69) is 15.4 Å². The van der Waals surface area contributed by atoms with Gasteiger partial charge in [0.1, 0.15) is 5.82 Å². The predicted octanol–water partition coefficient (Wildman–Crippen LogP) is 2.20. The summed E-state index contributed by atoms with van der Waals surface area (Å²) in [5, 5.41) is 16.0. The molecule has 25 heavy (non-hydrogen) atoms. The van der Waals surface area contributed by atoms with Crippen LogP contribution >= 0.6 is 11.6 Å². The SMILES string of the molecule is CNc1nn2c(C)cc(CO)nc2c1S(=O)(=O)c1ccc(F)c(Cl)c1. The summed E-state index contributed by atoms with van der Waals surface area (Å²) in [7, 11) is -2.56. The molecule has 0 amide bonds. The van der Waals surface area contributed by atoms with Gasteiger partial charge in [-0.25, -0.2) is 22.3 Å². The van der Waals surface area contributed by atoms with Gasteiger partial charge in [-0.3, -0.25) is 0 Å². The van der Waals surface area contributed by atoms with Crippen molar-refractivity contribution in [3.63, 3.8) is 0 Å². The molecule has 0 saturated carbocycles. The van der Waals surface area contributed by atoms with Gasteiger partial charge in [-0.15, -0.1) is 5.10 Å². The summed E-state index contributed by atoms with van der Waals surface area (Å²) >= 11 is 5.72. The van der Waals surface area contributed by atoms with E-state index in [1.807, 2.05) is 0 Å². The molecule has 0 bridgehead atoms. The third-order valence-electron chi connectivity index (χ3n) is 3.65. The van der Waals surface area contributed by atoms with Gasteiger partial charge < -0.3 is 10.4 Å². The number of nitrogens with zero attached hydrogens (tertiary/aromatic N) is 3. The average molecular weight is 385 g/mol. The summed E-state index contributed by atoms with van der Waals surface area (Å²) in [6, 6.07) is 4.75. The summed E-state index contributed by atoms with van der Waals surface area (Å²) in [6.07, 6.45) is 0. The van der Waals surface area contributed by atoms with Crippen molar-refractivity contribution in [2.24, 2.45) is 0 Å². The van der Waals surface area contributed by atoms with Crippen molar-refractivity contribution in [3.05, 3.63) is 46.5 Å². The molecule has 2 N–H and O–H groups in total. The first-order chi connectivity index (χ1) is 11.8. The summed E-state index contributed by atoms with van der Waals surface area (Å²) in [4.78, 5) is 3.83. The normalized spacial score (nSPS) is 11.9. The first-order valence-electron chi connectivity index (χ1n) is 7.17. The van der Waals surface area contributed by atoms with E-state index in [1.54, 1.807) is 13.0 Å². The molecule has 0 fully saturated rings. The van der Waals surface area contributed by atoms with Gasteiger partial charge in [0.15, 0.2) is 16.4 Å². The Morgan fingerprint density at radius 3 is 2.68 bits per heavy atom. The zero-order valence-corrected chi connectivity index (χ0v) is 14.9. The van der Waals surface area contributed by atoms with Crippen LogP contribution in [0.3, 0.4) is 0 Å². The molecule has 0 saturated heterocycles. The monoisotopic (exact) mass is 384 g/mol. The molecule has 3 aromatic rings. The smallest absolute Gasteiger partial charge is 0.214 e. The minimum Gasteiger partial charge on any atom is -0.390 e. The standard InChI is InChI=1S/C15H14ClFN4O3S/c1-8-5-9(7-22)19-15-13(14(18-2)20-21(8)15)25(23,24)10-3-4-12(17)11(16)6-10/h3-6,22H,7H2,1-2H3,(H,18,20). The lowest BCUT2D eigenvalue weighted by Gasteiger charge is -2.07. The molecule has 10 heteroatoms. The third-order valence-corrected chi connectivity index (χ3v) is 5.72. The highest BCUT2D eigenvalue weighted by molar-refractivity contribution is 7.91.